The Hall–Kier alpha value is -2.74. The van der Waals surface area contributed by atoms with Crippen LogP contribution in [-0.4, -0.2) is 56.6 Å². The van der Waals surface area contributed by atoms with Crippen molar-refractivity contribution in [3.63, 3.8) is 0 Å². The van der Waals surface area contributed by atoms with Gasteiger partial charge < -0.3 is 4.90 Å². The SMILES string of the molecule is Cc1cccc(CN2CCN(C(=O)CCn3cc([N+](=O)[O-])c(C)n3)CC2)c1. The first-order chi connectivity index (χ1) is 12.9. The van der Waals surface area contributed by atoms with Gasteiger partial charge in [-0.05, 0) is 19.4 Å². The first kappa shape index (κ1) is 19.0. The van der Waals surface area contributed by atoms with Crippen LogP contribution >= 0.6 is 0 Å². The summed E-state index contributed by atoms with van der Waals surface area (Å²) in [7, 11) is 0. The fourth-order valence-corrected chi connectivity index (χ4v) is 3.39. The summed E-state index contributed by atoms with van der Waals surface area (Å²) in [5.41, 5.74) is 2.92. The Morgan fingerprint density at radius 2 is 1.96 bits per heavy atom. The summed E-state index contributed by atoms with van der Waals surface area (Å²) in [4.78, 5) is 27.1. The van der Waals surface area contributed by atoms with Crippen molar-refractivity contribution in [1.82, 2.24) is 19.6 Å². The first-order valence-electron chi connectivity index (χ1n) is 9.16. The van der Waals surface area contributed by atoms with Crippen LogP contribution in [0.5, 0.6) is 0 Å². The van der Waals surface area contributed by atoms with E-state index in [1.54, 1.807) is 6.92 Å². The maximum absolute atomic E-state index is 12.4. The van der Waals surface area contributed by atoms with Crippen molar-refractivity contribution in [2.75, 3.05) is 26.2 Å². The molecule has 1 aromatic carbocycles. The number of rotatable bonds is 6. The van der Waals surface area contributed by atoms with E-state index in [1.165, 1.54) is 22.0 Å². The van der Waals surface area contributed by atoms with Gasteiger partial charge in [-0.1, -0.05) is 29.8 Å². The van der Waals surface area contributed by atoms with E-state index >= 15 is 0 Å². The number of hydrogen-bond donors (Lipinski definition) is 0. The molecule has 2 heterocycles. The van der Waals surface area contributed by atoms with E-state index in [0.717, 1.165) is 19.6 Å². The zero-order valence-corrected chi connectivity index (χ0v) is 15.8. The molecule has 0 atom stereocenters. The number of nitro groups is 1. The van der Waals surface area contributed by atoms with Gasteiger partial charge >= 0.3 is 5.69 Å². The standard InChI is InChI=1S/C19H25N5O3/c1-15-4-3-5-17(12-15)13-21-8-10-22(11-9-21)19(25)6-7-23-14-18(24(26)27)16(2)20-23/h3-5,12,14H,6-11,13H2,1-2H3. The van der Waals surface area contributed by atoms with Crippen LogP contribution in [0.2, 0.25) is 0 Å². The normalized spacial score (nSPS) is 15.1. The van der Waals surface area contributed by atoms with Gasteiger partial charge in [0.2, 0.25) is 5.91 Å². The van der Waals surface area contributed by atoms with Crippen LogP contribution in [0.25, 0.3) is 0 Å². The minimum absolute atomic E-state index is 0.00721. The minimum Gasteiger partial charge on any atom is -0.340 e. The number of piperazine rings is 1. The average molecular weight is 371 g/mol. The van der Waals surface area contributed by atoms with Gasteiger partial charge in [0.1, 0.15) is 11.9 Å². The first-order valence-corrected chi connectivity index (χ1v) is 9.16. The second-order valence-corrected chi connectivity index (χ2v) is 7.02. The maximum atomic E-state index is 12.4. The molecule has 1 saturated heterocycles. The molecule has 8 heteroatoms. The molecule has 0 unspecified atom stereocenters. The second-order valence-electron chi connectivity index (χ2n) is 7.02. The molecule has 0 spiro atoms. The fourth-order valence-electron chi connectivity index (χ4n) is 3.39. The van der Waals surface area contributed by atoms with Gasteiger partial charge in [-0.3, -0.25) is 24.5 Å². The van der Waals surface area contributed by atoms with Crippen LogP contribution in [0.15, 0.2) is 30.5 Å². The molecule has 1 aliphatic rings. The lowest BCUT2D eigenvalue weighted by molar-refractivity contribution is -0.385. The van der Waals surface area contributed by atoms with Crippen molar-refractivity contribution in [1.29, 1.82) is 0 Å². The van der Waals surface area contributed by atoms with Crippen LogP contribution < -0.4 is 0 Å². The zero-order chi connectivity index (χ0) is 19.4. The lowest BCUT2D eigenvalue weighted by Gasteiger charge is -2.34. The van der Waals surface area contributed by atoms with Gasteiger partial charge in [-0.25, -0.2) is 0 Å². The molecule has 144 valence electrons. The van der Waals surface area contributed by atoms with E-state index in [1.807, 2.05) is 4.90 Å². The Balaban J connectivity index is 1.46. The largest absolute Gasteiger partial charge is 0.340 e. The number of amides is 1. The van der Waals surface area contributed by atoms with E-state index in [-0.39, 0.29) is 11.6 Å². The number of carbonyl (C=O) groups is 1. The van der Waals surface area contributed by atoms with E-state index in [4.69, 9.17) is 0 Å². The monoisotopic (exact) mass is 371 g/mol. The summed E-state index contributed by atoms with van der Waals surface area (Å²) in [5.74, 6) is 0.0704. The van der Waals surface area contributed by atoms with Crippen LogP contribution in [-0.2, 0) is 17.9 Å². The second kappa shape index (κ2) is 8.30. The molecule has 1 fully saturated rings. The highest BCUT2D eigenvalue weighted by atomic mass is 16.6. The van der Waals surface area contributed by atoms with Gasteiger partial charge in [0.25, 0.3) is 0 Å². The molecular weight excluding hydrogens is 346 g/mol. The molecule has 3 rings (SSSR count). The summed E-state index contributed by atoms with van der Waals surface area (Å²) >= 11 is 0. The zero-order valence-electron chi connectivity index (χ0n) is 15.8. The molecule has 1 aliphatic heterocycles. The van der Waals surface area contributed by atoms with Crippen molar-refractivity contribution in [3.8, 4) is 0 Å². The van der Waals surface area contributed by atoms with E-state index in [9.17, 15) is 14.9 Å². The molecule has 0 bridgehead atoms. The highest BCUT2D eigenvalue weighted by Crippen LogP contribution is 2.16. The predicted octanol–water partition coefficient (Wildman–Crippen LogP) is 2.14. The Bertz CT molecular complexity index is 825. The van der Waals surface area contributed by atoms with Gasteiger partial charge in [-0.15, -0.1) is 0 Å². The predicted molar refractivity (Wildman–Crippen MR) is 101 cm³/mol. The molecular formula is C19H25N5O3. The minimum atomic E-state index is -0.450. The molecule has 0 N–H and O–H groups in total. The summed E-state index contributed by atoms with van der Waals surface area (Å²) < 4.78 is 1.49. The number of aryl methyl sites for hydroxylation is 3. The maximum Gasteiger partial charge on any atom is 0.309 e. The van der Waals surface area contributed by atoms with Gasteiger partial charge in [0.05, 0.1) is 4.92 Å². The summed E-state index contributed by atoms with van der Waals surface area (Å²) in [5, 5.41) is 15.0. The number of carbonyl (C=O) groups excluding carboxylic acids is 1. The number of nitrogens with zero attached hydrogens (tertiary/aromatic N) is 5. The van der Waals surface area contributed by atoms with E-state index < -0.39 is 4.92 Å². The fraction of sp³-hybridized carbons (Fsp3) is 0.474. The van der Waals surface area contributed by atoms with Crippen LogP contribution in [0, 0.1) is 24.0 Å². The number of aromatic nitrogens is 2. The molecule has 1 amide bonds. The summed E-state index contributed by atoms with van der Waals surface area (Å²) in [6.45, 7) is 8.08. The molecule has 27 heavy (non-hydrogen) atoms. The van der Waals surface area contributed by atoms with Crippen LogP contribution in [0.1, 0.15) is 23.2 Å². The quantitative estimate of drug-likeness (QED) is 0.574. The summed E-state index contributed by atoms with van der Waals surface area (Å²) in [6.07, 6.45) is 1.69. The van der Waals surface area contributed by atoms with Crippen molar-refractivity contribution in [2.45, 2.75) is 33.4 Å². The number of benzene rings is 1. The highest BCUT2D eigenvalue weighted by molar-refractivity contribution is 5.76. The van der Waals surface area contributed by atoms with Crippen molar-refractivity contribution in [3.05, 3.63) is 57.4 Å². The Kier molecular flexibility index (Phi) is 5.85. The van der Waals surface area contributed by atoms with E-state index in [2.05, 4.69) is 41.2 Å². The Morgan fingerprint density at radius 1 is 1.22 bits per heavy atom. The lowest BCUT2D eigenvalue weighted by atomic mass is 10.1. The molecule has 2 aromatic rings. The highest BCUT2D eigenvalue weighted by Gasteiger charge is 2.22. The third-order valence-corrected chi connectivity index (χ3v) is 4.89. The topological polar surface area (TPSA) is 84.5 Å². The molecule has 8 nitrogen and oxygen atoms in total. The molecule has 0 saturated carbocycles. The van der Waals surface area contributed by atoms with Gasteiger partial charge in [-0.2, -0.15) is 5.10 Å². The van der Waals surface area contributed by atoms with E-state index in [0.29, 0.717) is 31.7 Å². The van der Waals surface area contributed by atoms with Crippen molar-refractivity contribution >= 4 is 11.6 Å². The average Bonchev–Trinajstić information content (AvgIpc) is 3.01. The third-order valence-electron chi connectivity index (χ3n) is 4.89. The third kappa shape index (κ3) is 4.91. The molecule has 0 aliphatic carbocycles. The molecule has 1 aromatic heterocycles. The van der Waals surface area contributed by atoms with Crippen molar-refractivity contribution in [2.24, 2.45) is 0 Å². The lowest BCUT2D eigenvalue weighted by Crippen LogP contribution is -2.48. The van der Waals surface area contributed by atoms with Gasteiger partial charge in [0, 0.05) is 45.7 Å². The number of hydrogen-bond acceptors (Lipinski definition) is 5. The van der Waals surface area contributed by atoms with Crippen LogP contribution in [0.4, 0.5) is 5.69 Å². The van der Waals surface area contributed by atoms with Crippen molar-refractivity contribution < 1.29 is 9.72 Å². The Labute approximate surface area is 158 Å². The van der Waals surface area contributed by atoms with Crippen LogP contribution in [0.3, 0.4) is 0 Å². The Morgan fingerprint density at radius 3 is 2.59 bits per heavy atom. The smallest absolute Gasteiger partial charge is 0.309 e. The molecule has 0 radical (unpaired) electrons. The van der Waals surface area contributed by atoms with Gasteiger partial charge in [0.15, 0.2) is 0 Å². The summed E-state index contributed by atoms with van der Waals surface area (Å²) in [6, 6.07) is 8.50.